The van der Waals surface area contributed by atoms with Crippen LogP contribution < -0.4 is 10.2 Å². The van der Waals surface area contributed by atoms with Gasteiger partial charge >= 0.3 is 0 Å². The number of halogens is 1. The monoisotopic (exact) mass is 379 g/mol. The molecule has 136 valence electrons. The molecule has 1 aromatic heterocycles. The highest BCUT2D eigenvalue weighted by atomic mass is 35.5. The van der Waals surface area contributed by atoms with Crippen molar-refractivity contribution in [3.05, 3.63) is 94.3 Å². The van der Waals surface area contributed by atoms with E-state index in [0.717, 1.165) is 22.4 Å². The number of amides is 1. The third-order valence-electron chi connectivity index (χ3n) is 3.84. The van der Waals surface area contributed by atoms with Gasteiger partial charge in [-0.3, -0.25) is 9.78 Å². The maximum absolute atomic E-state index is 12.1. The Bertz CT molecular complexity index is 941. The second kappa shape index (κ2) is 8.96. The molecule has 0 bridgehead atoms. The van der Waals surface area contributed by atoms with Gasteiger partial charge in [0.05, 0.1) is 6.21 Å². The molecule has 0 unspecified atom stereocenters. The molecule has 0 aliphatic carbocycles. The van der Waals surface area contributed by atoms with Crippen LogP contribution in [0.25, 0.3) is 0 Å². The molecular weight excluding hydrogens is 362 g/mol. The first-order valence-corrected chi connectivity index (χ1v) is 8.71. The average Bonchev–Trinajstić information content (AvgIpc) is 2.70. The predicted molar refractivity (Wildman–Crippen MR) is 106 cm³/mol. The number of nitrogens with one attached hydrogen (secondary N) is 1. The van der Waals surface area contributed by atoms with Crippen LogP contribution in [0.2, 0.25) is 5.02 Å². The van der Waals surface area contributed by atoms with E-state index in [0.29, 0.717) is 17.2 Å². The number of hydrogen-bond donors (Lipinski definition) is 1. The molecule has 2 aromatic carbocycles. The van der Waals surface area contributed by atoms with Gasteiger partial charge in [-0.25, -0.2) is 5.43 Å². The molecule has 0 saturated heterocycles. The van der Waals surface area contributed by atoms with Crippen molar-refractivity contribution in [1.82, 2.24) is 10.4 Å². The SMILES string of the molecule is Cc1cc(OCc2ccc(C(=O)N/N=C/c3ccncc3)cc2)ccc1Cl. The summed E-state index contributed by atoms with van der Waals surface area (Å²) in [5, 5.41) is 4.66. The second-order valence-corrected chi connectivity index (χ2v) is 6.28. The second-order valence-electron chi connectivity index (χ2n) is 5.88. The van der Waals surface area contributed by atoms with Gasteiger partial charge in [-0.1, -0.05) is 23.7 Å². The number of benzene rings is 2. The van der Waals surface area contributed by atoms with Gasteiger partial charge in [0.25, 0.3) is 5.91 Å². The Morgan fingerprint density at radius 3 is 2.59 bits per heavy atom. The van der Waals surface area contributed by atoms with Crippen molar-refractivity contribution in [2.45, 2.75) is 13.5 Å². The van der Waals surface area contributed by atoms with E-state index in [2.05, 4.69) is 15.5 Å². The number of hydrogen-bond acceptors (Lipinski definition) is 4. The molecule has 0 saturated carbocycles. The predicted octanol–water partition coefficient (Wildman–Crippen LogP) is 4.39. The fraction of sp³-hybridized carbons (Fsp3) is 0.0952. The molecule has 1 amide bonds. The fourth-order valence-corrected chi connectivity index (χ4v) is 2.42. The molecule has 3 aromatic rings. The van der Waals surface area contributed by atoms with E-state index in [1.54, 1.807) is 42.9 Å². The molecule has 3 rings (SSSR count). The summed E-state index contributed by atoms with van der Waals surface area (Å²) in [7, 11) is 0. The van der Waals surface area contributed by atoms with E-state index in [4.69, 9.17) is 16.3 Å². The Balaban J connectivity index is 1.53. The molecule has 5 nitrogen and oxygen atoms in total. The van der Waals surface area contributed by atoms with Crippen molar-refractivity contribution in [2.75, 3.05) is 0 Å². The lowest BCUT2D eigenvalue weighted by atomic mass is 10.1. The normalized spacial score (nSPS) is 10.7. The van der Waals surface area contributed by atoms with Crippen LogP contribution in [0.15, 0.2) is 72.1 Å². The Kier molecular flexibility index (Phi) is 6.18. The summed E-state index contributed by atoms with van der Waals surface area (Å²) in [5.41, 5.74) is 5.80. The van der Waals surface area contributed by atoms with Gasteiger partial charge in [0, 0.05) is 23.0 Å². The molecule has 0 aliphatic heterocycles. The molecule has 6 heteroatoms. The molecule has 0 fully saturated rings. The number of carbonyl (C=O) groups excluding carboxylic acids is 1. The van der Waals surface area contributed by atoms with Gasteiger partial charge in [0.2, 0.25) is 0 Å². The molecule has 0 atom stereocenters. The average molecular weight is 380 g/mol. The minimum Gasteiger partial charge on any atom is -0.489 e. The van der Waals surface area contributed by atoms with E-state index >= 15 is 0 Å². The topological polar surface area (TPSA) is 63.6 Å². The molecule has 1 heterocycles. The summed E-state index contributed by atoms with van der Waals surface area (Å²) < 4.78 is 5.75. The van der Waals surface area contributed by atoms with Gasteiger partial charge in [-0.15, -0.1) is 0 Å². The molecule has 0 spiro atoms. The number of hydrazone groups is 1. The van der Waals surface area contributed by atoms with E-state index in [1.165, 1.54) is 0 Å². The highest BCUT2D eigenvalue weighted by molar-refractivity contribution is 6.31. The van der Waals surface area contributed by atoms with Crippen LogP contribution in [0.5, 0.6) is 5.75 Å². The Hall–Kier alpha value is -3.18. The van der Waals surface area contributed by atoms with Gasteiger partial charge in [-0.2, -0.15) is 5.10 Å². The molecule has 0 aliphatic rings. The summed E-state index contributed by atoms with van der Waals surface area (Å²) in [6.45, 7) is 2.34. The summed E-state index contributed by atoms with van der Waals surface area (Å²) in [4.78, 5) is 16.0. The third-order valence-corrected chi connectivity index (χ3v) is 4.26. The maximum atomic E-state index is 12.1. The van der Waals surface area contributed by atoms with Crippen LogP contribution in [-0.2, 0) is 6.61 Å². The lowest BCUT2D eigenvalue weighted by Gasteiger charge is -2.08. The minimum atomic E-state index is -0.277. The van der Waals surface area contributed by atoms with Crippen LogP contribution in [0.3, 0.4) is 0 Å². The van der Waals surface area contributed by atoms with Crippen molar-refractivity contribution < 1.29 is 9.53 Å². The first kappa shape index (κ1) is 18.6. The first-order valence-electron chi connectivity index (χ1n) is 8.33. The zero-order valence-electron chi connectivity index (χ0n) is 14.7. The van der Waals surface area contributed by atoms with Gasteiger partial charge in [0.1, 0.15) is 12.4 Å². The van der Waals surface area contributed by atoms with Gasteiger partial charge in [0.15, 0.2) is 0 Å². The summed E-state index contributed by atoms with van der Waals surface area (Å²) >= 11 is 6.01. The lowest BCUT2D eigenvalue weighted by molar-refractivity contribution is 0.0955. The third kappa shape index (κ3) is 5.39. The Morgan fingerprint density at radius 2 is 1.89 bits per heavy atom. The fourth-order valence-electron chi connectivity index (χ4n) is 2.31. The van der Waals surface area contributed by atoms with E-state index < -0.39 is 0 Å². The van der Waals surface area contributed by atoms with E-state index in [-0.39, 0.29) is 5.91 Å². The van der Waals surface area contributed by atoms with Crippen LogP contribution in [0.4, 0.5) is 0 Å². The van der Waals surface area contributed by atoms with Crippen LogP contribution >= 0.6 is 11.6 Å². The number of aryl methyl sites for hydroxylation is 1. The van der Waals surface area contributed by atoms with Crippen molar-refractivity contribution in [3.63, 3.8) is 0 Å². The summed E-state index contributed by atoms with van der Waals surface area (Å²) in [6, 6.07) is 16.3. The van der Waals surface area contributed by atoms with Crippen molar-refractivity contribution >= 4 is 23.7 Å². The van der Waals surface area contributed by atoms with Crippen LogP contribution in [0.1, 0.15) is 27.0 Å². The number of aromatic nitrogens is 1. The van der Waals surface area contributed by atoms with Crippen molar-refractivity contribution in [1.29, 1.82) is 0 Å². The minimum absolute atomic E-state index is 0.277. The quantitative estimate of drug-likeness (QED) is 0.510. The van der Waals surface area contributed by atoms with Gasteiger partial charge < -0.3 is 4.74 Å². The number of carbonyl (C=O) groups is 1. The largest absolute Gasteiger partial charge is 0.489 e. The number of pyridine rings is 1. The van der Waals surface area contributed by atoms with Crippen molar-refractivity contribution in [3.8, 4) is 5.75 Å². The lowest BCUT2D eigenvalue weighted by Crippen LogP contribution is -2.17. The van der Waals surface area contributed by atoms with Crippen LogP contribution in [-0.4, -0.2) is 17.1 Å². The number of nitrogens with zero attached hydrogens (tertiary/aromatic N) is 2. The molecule has 1 N–H and O–H groups in total. The number of ether oxygens (including phenoxy) is 1. The standard InChI is InChI=1S/C21H18ClN3O2/c1-15-12-19(6-7-20(15)22)27-14-17-2-4-18(5-3-17)21(26)25-24-13-16-8-10-23-11-9-16/h2-13H,14H2,1H3,(H,25,26)/b24-13+. The first-order chi connectivity index (χ1) is 13.1. The molecule has 27 heavy (non-hydrogen) atoms. The van der Waals surface area contributed by atoms with E-state index in [9.17, 15) is 4.79 Å². The summed E-state index contributed by atoms with van der Waals surface area (Å²) in [5.74, 6) is 0.477. The highest BCUT2D eigenvalue weighted by Gasteiger charge is 2.05. The Morgan fingerprint density at radius 1 is 1.15 bits per heavy atom. The smallest absolute Gasteiger partial charge is 0.271 e. The Labute approximate surface area is 162 Å². The molecular formula is C21H18ClN3O2. The maximum Gasteiger partial charge on any atom is 0.271 e. The highest BCUT2D eigenvalue weighted by Crippen LogP contribution is 2.21. The zero-order chi connectivity index (χ0) is 19.1. The van der Waals surface area contributed by atoms with Crippen molar-refractivity contribution in [2.24, 2.45) is 5.10 Å². The summed E-state index contributed by atoms with van der Waals surface area (Å²) in [6.07, 6.45) is 4.89. The molecule has 0 radical (unpaired) electrons. The number of rotatable bonds is 6. The zero-order valence-corrected chi connectivity index (χ0v) is 15.5. The van der Waals surface area contributed by atoms with Gasteiger partial charge in [-0.05, 0) is 66.1 Å². The van der Waals surface area contributed by atoms with E-state index in [1.807, 2.05) is 37.3 Å². The van der Waals surface area contributed by atoms with Crippen LogP contribution in [0, 0.1) is 6.92 Å².